The van der Waals surface area contributed by atoms with Crippen molar-refractivity contribution in [3.8, 4) is 0 Å². The quantitative estimate of drug-likeness (QED) is 0.782. The normalized spacial score (nSPS) is 23.7. The first-order chi connectivity index (χ1) is 8.65. The zero-order chi connectivity index (χ0) is 13.0. The molecular formula is C14H25N3O. The summed E-state index contributed by atoms with van der Waals surface area (Å²) in [6.07, 6.45) is 3.39. The van der Waals surface area contributed by atoms with Crippen molar-refractivity contribution in [1.82, 2.24) is 15.1 Å². The molecule has 1 fully saturated rings. The maximum atomic E-state index is 5.64. The average molecular weight is 251 g/mol. The second-order valence-electron chi connectivity index (χ2n) is 5.56. The summed E-state index contributed by atoms with van der Waals surface area (Å²) in [7, 11) is 2.03. The van der Waals surface area contributed by atoms with Gasteiger partial charge in [0.15, 0.2) is 0 Å². The number of ether oxygens (including phenoxy) is 1. The van der Waals surface area contributed by atoms with Gasteiger partial charge in [0.2, 0.25) is 0 Å². The Morgan fingerprint density at radius 3 is 2.94 bits per heavy atom. The summed E-state index contributed by atoms with van der Waals surface area (Å²) >= 11 is 0. The SMILES string of the molecule is CCCNCC1(Cc2cc(C)nn2C)CCOC1. The maximum Gasteiger partial charge on any atom is 0.0596 e. The number of aryl methyl sites for hydroxylation is 2. The summed E-state index contributed by atoms with van der Waals surface area (Å²) in [5.74, 6) is 0. The summed E-state index contributed by atoms with van der Waals surface area (Å²) in [5, 5.41) is 7.99. The smallest absolute Gasteiger partial charge is 0.0596 e. The Labute approximate surface area is 110 Å². The number of rotatable bonds is 6. The molecule has 1 atom stereocenters. The molecule has 1 saturated heterocycles. The number of nitrogens with one attached hydrogen (secondary N) is 1. The Morgan fingerprint density at radius 2 is 2.39 bits per heavy atom. The molecule has 2 heterocycles. The first-order valence-corrected chi connectivity index (χ1v) is 6.93. The van der Waals surface area contributed by atoms with Crippen molar-refractivity contribution in [1.29, 1.82) is 0 Å². The minimum absolute atomic E-state index is 0.259. The lowest BCUT2D eigenvalue weighted by Crippen LogP contribution is -2.37. The van der Waals surface area contributed by atoms with E-state index in [0.717, 1.165) is 44.8 Å². The third-order valence-electron chi connectivity index (χ3n) is 3.77. The van der Waals surface area contributed by atoms with Crippen LogP contribution in [-0.4, -0.2) is 36.1 Å². The van der Waals surface area contributed by atoms with Crippen LogP contribution in [0.3, 0.4) is 0 Å². The number of hydrogen-bond donors (Lipinski definition) is 1. The number of aromatic nitrogens is 2. The molecule has 1 aromatic rings. The van der Waals surface area contributed by atoms with E-state index < -0.39 is 0 Å². The highest BCUT2D eigenvalue weighted by atomic mass is 16.5. The largest absolute Gasteiger partial charge is 0.381 e. The molecule has 0 radical (unpaired) electrons. The second-order valence-corrected chi connectivity index (χ2v) is 5.56. The van der Waals surface area contributed by atoms with Gasteiger partial charge in [-0.25, -0.2) is 0 Å². The van der Waals surface area contributed by atoms with E-state index >= 15 is 0 Å². The topological polar surface area (TPSA) is 39.1 Å². The first-order valence-electron chi connectivity index (χ1n) is 6.93. The lowest BCUT2D eigenvalue weighted by Gasteiger charge is -2.27. The molecule has 4 nitrogen and oxygen atoms in total. The van der Waals surface area contributed by atoms with Crippen molar-refractivity contribution < 1.29 is 4.74 Å². The highest BCUT2D eigenvalue weighted by molar-refractivity contribution is 5.12. The molecule has 0 bridgehead atoms. The van der Waals surface area contributed by atoms with Crippen LogP contribution < -0.4 is 5.32 Å². The summed E-state index contributed by atoms with van der Waals surface area (Å²) in [5.41, 5.74) is 2.68. The van der Waals surface area contributed by atoms with Crippen LogP contribution in [0.1, 0.15) is 31.2 Å². The van der Waals surface area contributed by atoms with Crippen molar-refractivity contribution in [3.05, 3.63) is 17.5 Å². The van der Waals surface area contributed by atoms with Crippen molar-refractivity contribution in [2.24, 2.45) is 12.5 Å². The zero-order valence-corrected chi connectivity index (χ0v) is 11.8. The van der Waals surface area contributed by atoms with Gasteiger partial charge in [0, 0.05) is 31.3 Å². The molecular weight excluding hydrogens is 226 g/mol. The minimum atomic E-state index is 0.259. The van der Waals surface area contributed by atoms with Gasteiger partial charge in [0.05, 0.1) is 12.3 Å². The summed E-state index contributed by atoms with van der Waals surface area (Å²) in [6, 6.07) is 2.19. The van der Waals surface area contributed by atoms with Gasteiger partial charge < -0.3 is 10.1 Å². The maximum absolute atomic E-state index is 5.64. The van der Waals surface area contributed by atoms with E-state index in [-0.39, 0.29) is 5.41 Å². The lowest BCUT2D eigenvalue weighted by molar-refractivity contribution is 0.148. The molecule has 0 amide bonds. The first kappa shape index (κ1) is 13.6. The van der Waals surface area contributed by atoms with Crippen molar-refractivity contribution in [2.45, 2.75) is 33.1 Å². The molecule has 2 rings (SSSR count). The Hall–Kier alpha value is -0.870. The lowest BCUT2D eigenvalue weighted by atomic mass is 9.82. The number of nitrogens with zero attached hydrogens (tertiary/aromatic N) is 2. The average Bonchev–Trinajstić information content (AvgIpc) is 2.88. The van der Waals surface area contributed by atoms with E-state index in [1.54, 1.807) is 0 Å². The molecule has 1 aliphatic rings. The van der Waals surface area contributed by atoms with Gasteiger partial charge in [-0.15, -0.1) is 0 Å². The molecule has 1 aliphatic heterocycles. The molecule has 0 aliphatic carbocycles. The Bertz CT molecular complexity index is 380. The Morgan fingerprint density at radius 1 is 1.56 bits per heavy atom. The van der Waals surface area contributed by atoms with E-state index in [4.69, 9.17) is 4.74 Å². The fraction of sp³-hybridized carbons (Fsp3) is 0.786. The fourth-order valence-corrected chi connectivity index (χ4v) is 2.74. The third-order valence-corrected chi connectivity index (χ3v) is 3.77. The van der Waals surface area contributed by atoms with Gasteiger partial charge in [-0.1, -0.05) is 6.92 Å². The van der Waals surface area contributed by atoms with Gasteiger partial charge in [-0.05, 0) is 38.8 Å². The van der Waals surface area contributed by atoms with E-state index in [1.807, 2.05) is 11.7 Å². The van der Waals surface area contributed by atoms with Crippen molar-refractivity contribution >= 4 is 0 Å². The zero-order valence-electron chi connectivity index (χ0n) is 11.8. The highest BCUT2D eigenvalue weighted by Crippen LogP contribution is 2.32. The van der Waals surface area contributed by atoms with Crippen LogP contribution in [0.4, 0.5) is 0 Å². The predicted molar refractivity (Wildman–Crippen MR) is 72.7 cm³/mol. The molecule has 1 N–H and O–H groups in total. The van der Waals surface area contributed by atoms with Gasteiger partial charge in [0.1, 0.15) is 0 Å². The predicted octanol–water partition coefficient (Wildman–Crippen LogP) is 1.68. The third kappa shape index (κ3) is 3.12. The van der Waals surface area contributed by atoms with Crippen LogP contribution in [0.25, 0.3) is 0 Å². The molecule has 4 heteroatoms. The van der Waals surface area contributed by atoms with Gasteiger partial charge in [0.25, 0.3) is 0 Å². The Kier molecular flexibility index (Phi) is 4.40. The summed E-state index contributed by atoms with van der Waals surface area (Å²) < 4.78 is 7.65. The molecule has 1 aromatic heterocycles. The van der Waals surface area contributed by atoms with E-state index in [2.05, 4.69) is 30.3 Å². The molecule has 1 unspecified atom stereocenters. The van der Waals surface area contributed by atoms with E-state index in [0.29, 0.717) is 0 Å². The number of hydrogen-bond acceptors (Lipinski definition) is 3. The monoisotopic (exact) mass is 251 g/mol. The molecule has 18 heavy (non-hydrogen) atoms. The van der Waals surface area contributed by atoms with Gasteiger partial charge >= 0.3 is 0 Å². The van der Waals surface area contributed by atoms with Crippen molar-refractivity contribution in [2.75, 3.05) is 26.3 Å². The van der Waals surface area contributed by atoms with Gasteiger partial charge in [-0.3, -0.25) is 4.68 Å². The molecule has 102 valence electrons. The highest BCUT2D eigenvalue weighted by Gasteiger charge is 2.35. The van der Waals surface area contributed by atoms with Crippen LogP contribution in [0.15, 0.2) is 6.07 Å². The van der Waals surface area contributed by atoms with Crippen LogP contribution in [-0.2, 0) is 18.2 Å². The minimum Gasteiger partial charge on any atom is -0.381 e. The van der Waals surface area contributed by atoms with Crippen molar-refractivity contribution in [3.63, 3.8) is 0 Å². The van der Waals surface area contributed by atoms with Crippen LogP contribution in [0.2, 0.25) is 0 Å². The molecule has 0 aromatic carbocycles. The fourth-order valence-electron chi connectivity index (χ4n) is 2.74. The summed E-state index contributed by atoms with van der Waals surface area (Å²) in [6.45, 7) is 8.15. The van der Waals surface area contributed by atoms with Crippen LogP contribution >= 0.6 is 0 Å². The molecule has 0 spiro atoms. The van der Waals surface area contributed by atoms with Gasteiger partial charge in [-0.2, -0.15) is 5.10 Å². The van der Waals surface area contributed by atoms with Crippen LogP contribution in [0, 0.1) is 12.3 Å². The van der Waals surface area contributed by atoms with E-state index in [9.17, 15) is 0 Å². The molecule has 0 saturated carbocycles. The van der Waals surface area contributed by atoms with Crippen LogP contribution in [0.5, 0.6) is 0 Å². The van der Waals surface area contributed by atoms with E-state index in [1.165, 1.54) is 12.1 Å². The second kappa shape index (κ2) is 5.85. The Balaban J connectivity index is 2.03. The summed E-state index contributed by atoms with van der Waals surface area (Å²) in [4.78, 5) is 0. The standard InChI is InChI=1S/C14H25N3O/c1-4-6-15-10-14(5-7-18-11-14)9-13-8-12(2)16-17(13)3/h8,15H,4-7,9-11H2,1-3H3.